The van der Waals surface area contributed by atoms with E-state index in [-0.39, 0.29) is 17.6 Å². The highest BCUT2D eigenvalue weighted by Gasteiger charge is 2.24. The van der Waals surface area contributed by atoms with Crippen LogP contribution in [0.15, 0.2) is 29.4 Å². The van der Waals surface area contributed by atoms with Crippen molar-refractivity contribution in [1.29, 1.82) is 0 Å². The normalized spacial score (nSPS) is 13.6. The van der Waals surface area contributed by atoms with E-state index in [0.717, 1.165) is 18.4 Å². The van der Waals surface area contributed by atoms with Crippen molar-refractivity contribution in [3.8, 4) is 11.4 Å². The Morgan fingerprint density at radius 1 is 1.29 bits per heavy atom. The minimum absolute atomic E-state index is 0.0491. The van der Waals surface area contributed by atoms with Gasteiger partial charge in [-0.2, -0.15) is 0 Å². The number of rotatable bonds is 5. The summed E-state index contributed by atoms with van der Waals surface area (Å²) < 4.78 is 14.7. The first kappa shape index (κ1) is 16.4. The monoisotopic (exact) mass is 349 g/mol. The molecular weight excluding hydrogens is 333 g/mol. The molecule has 1 heterocycles. The van der Waals surface area contributed by atoms with Crippen LogP contribution in [-0.4, -0.2) is 38.5 Å². The minimum Gasteiger partial charge on any atom is -0.335 e. The molecule has 0 unspecified atom stereocenters. The van der Waals surface area contributed by atoms with E-state index in [2.05, 4.69) is 20.8 Å². The van der Waals surface area contributed by atoms with Gasteiger partial charge in [0, 0.05) is 18.7 Å². The Morgan fingerprint density at radius 3 is 2.67 bits per heavy atom. The molecule has 0 radical (unpaired) electrons. The third-order valence-electron chi connectivity index (χ3n) is 3.44. The van der Waals surface area contributed by atoms with E-state index in [0.29, 0.717) is 11.0 Å². The average molecular weight is 349 g/mol. The molecule has 126 valence electrons. The molecule has 0 aliphatic heterocycles. The van der Waals surface area contributed by atoms with E-state index in [4.69, 9.17) is 0 Å². The third-order valence-corrected chi connectivity index (χ3v) is 4.46. The van der Waals surface area contributed by atoms with Gasteiger partial charge in [-0.15, -0.1) is 10.2 Å². The molecule has 1 aromatic heterocycles. The van der Waals surface area contributed by atoms with Gasteiger partial charge in [-0.3, -0.25) is 10.1 Å². The van der Waals surface area contributed by atoms with Gasteiger partial charge in [0.05, 0.1) is 5.75 Å². The standard InChI is InChI=1S/C15H16FN5O2S/c1-21-13(9-2-4-10(16)5-3-9)19-20-15(21)24-8-12(22)18-14(23)17-11-6-7-11/h2-5,11H,6-8H2,1H3,(H2,17,18,22,23). The Labute approximate surface area is 142 Å². The molecule has 2 aromatic rings. The number of nitrogens with zero attached hydrogens (tertiary/aromatic N) is 3. The van der Waals surface area contributed by atoms with Crippen LogP contribution in [0.25, 0.3) is 11.4 Å². The Kier molecular flexibility index (Phi) is 4.79. The van der Waals surface area contributed by atoms with Crippen molar-refractivity contribution in [2.75, 3.05) is 5.75 Å². The van der Waals surface area contributed by atoms with Gasteiger partial charge >= 0.3 is 6.03 Å². The Morgan fingerprint density at radius 2 is 2.00 bits per heavy atom. The van der Waals surface area contributed by atoms with E-state index >= 15 is 0 Å². The maximum atomic E-state index is 13.0. The SMILES string of the molecule is Cn1c(SCC(=O)NC(=O)NC2CC2)nnc1-c1ccc(F)cc1. The number of hydrogen-bond donors (Lipinski definition) is 2. The predicted octanol–water partition coefficient (Wildman–Crippen LogP) is 1.70. The molecule has 3 rings (SSSR count). The van der Waals surface area contributed by atoms with Crippen molar-refractivity contribution in [3.05, 3.63) is 30.1 Å². The summed E-state index contributed by atoms with van der Waals surface area (Å²) in [5.74, 6) is -0.0986. The third kappa shape index (κ3) is 4.10. The molecule has 3 amide bonds. The fourth-order valence-corrected chi connectivity index (χ4v) is 2.74. The zero-order valence-electron chi connectivity index (χ0n) is 13.0. The van der Waals surface area contributed by atoms with Crippen LogP contribution < -0.4 is 10.6 Å². The lowest BCUT2D eigenvalue weighted by molar-refractivity contribution is -0.117. The lowest BCUT2D eigenvalue weighted by Crippen LogP contribution is -2.41. The fraction of sp³-hybridized carbons (Fsp3) is 0.333. The summed E-state index contributed by atoms with van der Waals surface area (Å²) in [5.41, 5.74) is 0.728. The summed E-state index contributed by atoms with van der Waals surface area (Å²) in [4.78, 5) is 23.2. The number of carbonyl (C=O) groups is 2. The molecule has 0 spiro atoms. The summed E-state index contributed by atoms with van der Waals surface area (Å²) in [6, 6.07) is 5.66. The topological polar surface area (TPSA) is 88.9 Å². The second kappa shape index (κ2) is 7.00. The van der Waals surface area contributed by atoms with Gasteiger partial charge in [-0.1, -0.05) is 11.8 Å². The molecule has 9 heteroatoms. The molecule has 0 atom stereocenters. The number of carbonyl (C=O) groups excluding carboxylic acids is 2. The van der Waals surface area contributed by atoms with Gasteiger partial charge in [0.2, 0.25) is 5.91 Å². The first-order chi connectivity index (χ1) is 11.5. The van der Waals surface area contributed by atoms with Crippen molar-refractivity contribution < 1.29 is 14.0 Å². The van der Waals surface area contributed by atoms with Crippen molar-refractivity contribution in [2.24, 2.45) is 7.05 Å². The molecule has 0 saturated heterocycles. The van der Waals surface area contributed by atoms with Crippen LogP contribution in [0.2, 0.25) is 0 Å². The zero-order chi connectivity index (χ0) is 17.1. The van der Waals surface area contributed by atoms with Crippen molar-refractivity contribution in [1.82, 2.24) is 25.4 Å². The van der Waals surface area contributed by atoms with Gasteiger partial charge in [-0.25, -0.2) is 9.18 Å². The molecule has 2 N–H and O–H groups in total. The predicted molar refractivity (Wildman–Crippen MR) is 86.8 cm³/mol. The van der Waals surface area contributed by atoms with Crippen LogP contribution in [0.4, 0.5) is 9.18 Å². The van der Waals surface area contributed by atoms with E-state index in [1.54, 1.807) is 23.7 Å². The number of thioether (sulfide) groups is 1. The minimum atomic E-state index is -0.465. The smallest absolute Gasteiger partial charge is 0.321 e. The van der Waals surface area contributed by atoms with Crippen molar-refractivity contribution in [3.63, 3.8) is 0 Å². The molecule has 7 nitrogen and oxygen atoms in total. The number of nitrogens with one attached hydrogen (secondary N) is 2. The quantitative estimate of drug-likeness (QED) is 0.802. The van der Waals surface area contributed by atoms with E-state index in [1.165, 1.54) is 23.9 Å². The number of amides is 3. The Bertz CT molecular complexity index is 758. The van der Waals surface area contributed by atoms with Crippen molar-refractivity contribution >= 4 is 23.7 Å². The highest BCUT2D eigenvalue weighted by molar-refractivity contribution is 7.99. The summed E-state index contributed by atoms with van der Waals surface area (Å²) >= 11 is 1.17. The van der Waals surface area contributed by atoms with E-state index in [1.807, 2.05) is 0 Å². The first-order valence-corrected chi connectivity index (χ1v) is 8.40. The van der Waals surface area contributed by atoms with Gasteiger partial charge in [0.1, 0.15) is 5.82 Å². The van der Waals surface area contributed by atoms with Crippen molar-refractivity contribution in [2.45, 2.75) is 24.0 Å². The highest BCUT2D eigenvalue weighted by Crippen LogP contribution is 2.22. The number of benzene rings is 1. The number of hydrogen-bond acceptors (Lipinski definition) is 5. The molecule has 1 saturated carbocycles. The van der Waals surface area contributed by atoms with Crippen LogP contribution in [0.5, 0.6) is 0 Å². The lowest BCUT2D eigenvalue weighted by atomic mass is 10.2. The largest absolute Gasteiger partial charge is 0.335 e. The number of aromatic nitrogens is 3. The second-order valence-corrected chi connectivity index (χ2v) is 6.40. The maximum absolute atomic E-state index is 13.0. The molecule has 24 heavy (non-hydrogen) atoms. The second-order valence-electron chi connectivity index (χ2n) is 5.46. The van der Waals surface area contributed by atoms with E-state index in [9.17, 15) is 14.0 Å². The average Bonchev–Trinajstić information content (AvgIpc) is 3.28. The maximum Gasteiger partial charge on any atom is 0.321 e. The lowest BCUT2D eigenvalue weighted by Gasteiger charge is -2.06. The number of urea groups is 1. The Balaban J connectivity index is 1.56. The summed E-state index contributed by atoms with van der Waals surface area (Å²) in [5, 5.41) is 13.6. The van der Waals surface area contributed by atoms with Crippen LogP contribution >= 0.6 is 11.8 Å². The molecule has 0 bridgehead atoms. The number of halogens is 1. The van der Waals surface area contributed by atoms with E-state index < -0.39 is 11.9 Å². The molecule has 1 aromatic carbocycles. The van der Waals surface area contributed by atoms with Gasteiger partial charge in [0.15, 0.2) is 11.0 Å². The number of imide groups is 1. The summed E-state index contributed by atoms with van der Waals surface area (Å²) in [6.45, 7) is 0. The molecular formula is C15H16FN5O2S. The summed E-state index contributed by atoms with van der Waals surface area (Å²) in [6.07, 6.45) is 1.92. The van der Waals surface area contributed by atoms with Crippen LogP contribution in [0.3, 0.4) is 0 Å². The van der Waals surface area contributed by atoms with Crippen LogP contribution in [0.1, 0.15) is 12.8 Å². The van der Waals surface area contributed by atoms with Gasteiger partial charge in [0.25, 0.3) is 0 Å². The molecule has 1 aliphatic carbocycles. The summed E-state index contributed by atoms with van der Waals surface area (Å²) in [7, 11) is 1.76. The highest BCUT2D eigenvalue weighted by atomic mass is 32.2. The van der Waals surface area contributed by atoms with Crippen LogP contribution in [-0.2, 0) is 11.8 Å². The van der Waals surface area contributed by atoms with Crippen LogP contribution in [0, 0.1) is 5.82 Å². The molecule has 1 fully saturated rings. The zero-order valence-corrected chi connectivity index (χ0v) is 13.8. The Hall–Kier alpha value is -2.42. The first-order valence-electron chi connectivity index (χ1n) is 7.41. The van der Waals surface area contributed by atoms with Gasteiger partial charge in [-0.05, 0) is 37.1 Å². The fourth-order valence-electron chi connectivity index (χ4n) is 2.03. The molecule has 1 aliphatic rings. The van der Waals surface area contributed by atoms with Gasteiger partial charge < -0.3 is 9.88 Å².